The predicted octanol–water partition coefficient (Wildman–Crippen LogP) is 6.64. The van der Waals surface area contributed by atoms with Crippen LogP contribution in [-0.2, 0) is 30.5 Å². The molecule has 7 atom stereocenters. The third-order valence-electron chi connectivity index (χ3n) is 12.1. The van der Waals surface area contributed by atoms with Crippen molar-refractivity contribution < 1.29 is 32.7 Å². The number of fused-ring (bicyclic) bond motifs is 5. The average Bonchev–Trinajstić information content (AvgIpc) is 3.63. The average molecular weight is 781 g/mol. The van der Waals surface area contributed by atoms with Crippen LogP contribution >= 0.6 is 11.6 Å². The molecule has 8 rings (SSSR count). The van der Waals surface area contributed by atoms with Crippen LogP contribution in [0.1, 0.15) is 73.9 Å². The molecular formula is C41H53ClN4O7S. The van der Waals surface area contributed by atoms with E-state index in [1.165, 1.54) is 11.1 Å². The lowest BCUT2D eigenvalue weighted by atomic mass is 9.74. The molecular weight excluding hydrogens is 728 g/mol. The molecule has 3 aliphatic heterocycles. The van der Waals surface area contributed by atoms with E-state index in [1.54, 1.807) is 26.8 Å². The first-order chi connectivity index (χ1) is 25.9. The molecule has 11 nitrogen and oxygen atoms in total. The lowest BCUT2D eigenvalue weighted by molar-refractivity contribution is 0.000683. The number of hydrogen-bond donors (Lipinski definition) is 1. The molecule has 2 aromatic rings. The molecule has 0 aromatic heterocycles. The maximum atomic E-state index is 14.3. The van der Waals surface area contributed by atoms with Gasteiger partial charge in [0.25, 0.3) is 5.91 Å². The van der Waals surface area contributed by atoms with Gasteiger partial charge in [-0.05, 0) is 106 Å². The van der Waals surface area contributed by atoms with E-state index < -0.39 is 27.5 Å². The Bertz CT molecular complexity index is 1920. The van der Waals surface area contributed by atoms with Gasteiger partial charge in [0, 0.05) is 61.1 Å². The van der Waals surface area contributed by atoms with Gasteiger partial charge >= 0.3 is 6.09 Å². The molecule has 3 heterocycles. The molecule has 0 radical (unpaired) electrons. The largest absolute Gasteiger partial charge is 0.491 e. The van der Waals surface area contributed by atoms with Crippen molar-refractivity contribution in [1.82, 2.24) is 9.62 Å². The van der Waals surface area contributed by atoms with Gasteiger partial charge in [-0.1, -0.05) is 29.8 Å². The summed E-state index contributed by atoms with van der Waals surface area (Å²) in [5.74, 6) is 1.83. The number of nitrogens with zero attached hydrogens (tertiary/aromatic N) is 3. The van der Waals surface area contributed by atoms with Crippen molar-refractivity contribution in [3.63, 3.8) is 0 Å². The lowest BCUT2D eigenvalue weighted by Gasteiger charge is -2.42. The Morgan fingerprint density at radius 1 is 1.13 bits per heavy atom. The minimum Gasteiger partial charge on any atom is -0.491 e. The van der Waals surface area contributed by atoms with Crippen LogP contribution in [0.2, 0.25) is 5.02 Å². The van der Waals surface area contributed by atoms with E-state index in [1.807, 2.05) is 18.2 Å². The van der Waals surface area contributed by atoms with Crippen molar-refractivity contribution in [3.8, 4) is 5.75 Å². The number of morpholine rings is 1. The van der Waals surface area contributed by atoms with Gasteiger partial charge in [-0.15, -0.1) is 4.36 Å². The van der Waals surface area contributed by atoms with Gasteiger partial charge in [0.1, 0.15) is 21.3 Å². The highest BCUT2D eigenvalue weighted by molar-refractivity contribution is 7.92. The third kappa shape index (κ3) is 7.91. The Morgan fingerprint density at radius 3 is 2.78 bits per heavy atom. The van der Waals surface area contributed by atoms with Gasteiger partial charge in [-0.2, -0.15) is 0 Å². The first-order valence-electron chi connectivity index (χ1n) is 19.6. The Hall–Kier alpha value is -3.16. The number of hydrogen-bond acceptors (Lipinski definition) is 9. The standard InChI is InChI=1S/C41H53ClN4O7S/c1-40(2,3)53-39(48)44-54(49)20-6-4-5-13-41(52-19-16-45-14-17-50-18-15-45)34-22-30(37(34)41)24-46-25-33-29(8-7-27-21-31(42)10-11-32(27)33)26-51-36-12-9-28(23-35(36)46)38(47)43-54/h5,9-13,21,23,29-30,33-34,37H,4,6-8,14-20,22,24-26H2,1-3H3,(H,43,44,47,48,49)/b13-5+/t29?,30-,33?,34?,37-,41-,54?/m0/s1. The van der Waals surface area contributed by atoms with Crippen molar-refractivity contribution in [1.29, 1.82) is 0 Å². The SMILES string of the molecule is CC(C)(C)OC(=O)NS1(=O)=NC(=O)c2ccc3c(c2)N(CC2c4ccc(Cl)cc4CCC2CO3)C[C@@H]2CC3[C@H]2[C@]3(OCCN2CCOCC2)/C=C/CCC1. The van der Waals surface area contributed by atoms with Gasteiger partial charge in [-0.3, -0.25) is 9.69 Å². The summed E-state index contributed by atoms with van der Waals surface area (Å²) in [6, 6.07) is 11.6. The van der Waals surface area contributed by atoms with Crippen LogP contribution in [0.4, 0.5) is 10.5 Å². The molecule has 4 unspecified atom stereocenters. The quantitative estimate of drug-likeness (QED) is 0.334. The fraction of sp³-hybridized carbons (Fsp3) is 0.610. The number of aryl methyl sites for hydroxylation is 1. The first-order valence-corrected chi connectivity index (χ1v) is 21.7. The molecule has 2 amide bonds. The van der Waals surface area contributed by atoms with E-state index in [0.717, 1.165) is 81.7 Å². The second-order valence-corrected chi connectivity index (χ2v) is 19.3. The Labute approximate surface area is 324 Å². The second kappa shape index (κ2) is 15.1. The highest BCUT2D eigenvalue weighted by Crippen LogP contribution is 2.70. The molecule has 292 valence electrons. The summed E-state index contributed by atoms with van der Waals surface area (Å²) in [7, 11) is -3.52. The Balaban J connectivity index is 1.14. The van der Waals surface area contributed by atoms with E-state index in [-0.39, 0.29) is 17.3 Å². The zero-order chi connectivity index (χ0) is 37.7. The summed E-state index contributed by atoms with van der Waals surface area (Å²) in [6.45, 7) is 12.2. The van der Waals surface area contributed by atoms with Crippen LogP contribution in [0, 0.1) is 23.7 Å². The number of carbonyl (C=O) groups excluding carboxylic acids is 2. The van der Waals surface area contributed by atoms with E-state index in [4.69, 9.17) is 30.5 Å². The van der Waals surface area contributed by atoms with E-state index in [0.29, 0.717) is 55.3 Å². The number of carbonyl (C=O) groups is 2. The van der Waals surface area contributed by atoms with Crippen LogP contribution < -0.4 is 14.4 Å². The molecule has 54 heavy (non-hydrogen) atoms. The zero-order valence-corrected chi connectivity index (χ0v) is 33.2. The van der Waals surface area contributed by atoms with Crippen LogP contribution in [0.3, 0.4) is 0 Å². The van der Waals surface area contributed by atoms with Crippen LogP contribution in [0.15, 0.2) is 52.9 Å². The summed E-state index contributed by atoms with van der Waals surface area (Å²) in [6.07, 6.45) is 7.58. The molecule has 3 fully saturated rings. The number of benzene rings is 2. The van der Waals surface area contributed by atoms with E-state index >= 15 is 0 Å². The molecule has 0 spiro atoms. The minimum absolute atomic E-state index is 0.00460. The molecule has 1 saturated heterocycles. The Kier molecular flexibility index (Phi) is 10.5. The topological polar surface area (TPSA) is 119 Å². The van der Waals surface area contributed by atoms with Crippen LogP contribution in [0.5, 0.6) is 5.75 Å². The van der Waals surface area contributed by atoms with Crippen molar-refractivity contribution in [3.05, 3.63) is 70.3 Å². The van der Waals surface area contributed by atoms with Gasteiger partial charge in [0.15, 0.2) is 0 Å². The summed E-state index contributed by atoms with van der Waals surface area (Å²) < 4.78 is 45.5. The van der Waals surface area contributed by atoms with Gasteiger partial charge in [-0.25, -0.2) is 13.7 Å². The number of amides is 2. The fourth-order valence-electron chi connectivity index (χ4n) is 9.44. The summed E-state index contributed by atoms with van der Waals surface area (Å²) >= 11 is 6.47. The van der Waals surface area contributed by atoms with Crippen molar-refractivity contribution >= 4 is 39.2 Å². The lowest BCUT2D eigenvalue weighted by Crippen LogP contribution is -2.42. The minimum atomic E-state index is -3.52. The predicted molar refractivity (Wildman–Crippen MR) is 209 cm³/mol. The smallest absolute Gasteiger partial charge is 0.420 e. The molecule has 13 heteroatoms. The highest BCUT2D eigenvalue weighted by atomic mass is 35.5. The molecule has 2 aromatic carbocycles. The van der Waals surface area contributed by atoms with Gasteiger partial charge < -0.3 is 23.8 Å². The summed E-state index contributed by atoms with van der Waals surface area (Å²) in [5.41, 5.74) is 2.56. The van der Waals surface area contributed by atoms with Gasteiger partial charge in [0.2, 0.25) is 0 Å². The monoisotopic (exact) mass is 780 g/mol. The number of rotatable bonds is 5. The number of anilines is 1. The number of halogens is 1. The number of allylic oxidation sites excluding steroid dienone is 1. The maximum Gasteiger partial charge on any atom is 0.420 e. The third-order valence-corrected chi connectivity index (χ3v) is 14.1. The maximum absolute atomic E-state index is 14.3. The molecule has 6 aliphatic rings. The first kappa shape index (κ1) is 37.7. The molecule has 2 bridgehead atoms. The van der Waals surface area contributed by atoms with Crippen molar-refractivity contribution in [2.75, 3.05) is 69.8 Å². The number of ether oxygens (including phenoxy) is 4. The Morgan fingerprint density at radius 2 is 1.96 bits per heavy atom. The molecule has 3 aliphatic carbocycles. The number of nitrogens with one attached hydrogen (secondary N) is 1. The molecule has 2 saturated carbocycles. The van der Waals surface area contributed by atoms with E-state index in [2.05, 4.69) is 43.2 Å². The second-order valence-electron chi connectivity index (χ2n) is 16.8. The zero-order valence-electron chi connectivity index (χ0n) is 31.6. The molecule has 1 N–H and O–H groups in total. The van der Waals surface area contributed by atoms with E-state index in [9.17, 15) is 13.8 Å². The van der Waals surface area contributed by atoms with Crippen LogP contribution in [0.25, 0.3) is 0 Å². The van der Waals surface area contributed by atoms with Gasteiger partial charge in [0.05, 0.1) is 43.5 Å². The van der Waals surface area contributed by atoms with Crippen molar-refractivity contribution in [2.45, 2.75) is 70.0 Å². The van der Waals surface area contributed by atoms with Crippen molar-refractivity contribution in [2.24, 2.45) is 28.0 Å². The summed E-state index contributed by atoms with van der Waals surface area (Å²) in [4.78, 5) is 31.6. The fourth-order valence-corrected chi connectivity index (χ4v) is 11.1. The highest BCUT2D eigenvalue weighted by Gasteiger charge is 2.74. The van der Waals surface area contributed by atoms with Crippen LogP contribution in [-0.4, -0.2) is 97.2 Å². The normalized spacial score (nSPS) is 32.9. The summed E-state index contributed by atoms with van der Waals surface area (Å²) in [5, 5.41) is 0.751.